The van der Waals surface area contributed by atoms with Gasteiger partial charge in [0.05, 0.1) is 24.8 Å². The van der Waals surface area contributed by atoms with Crippen LogP contribution in [0.5, 0.6) is 0 Å². The van der Waals surface area contributed by atoms with Crippen LogP contribution in [0.1, 0.15) is 24.0 Å². The lowest BCUT2D eigenvalue weighted by Gasteiger charge is -2.32. The van der Waals surface area contributed by atoms with E-state index in [0.717, 1.165) is 56.9 Å². The van der Waals surface area contributed by atoms with Gasteiger partial charge in [0.1, 0.15) is 10.7 Å². The maximum absolute atomic E-state index is 12.8. The van der Waals surface area contributed by atoms with E-state index in [-0.39, 0.29) is 10.9 Å². The molecule has 9 heteroatoms. The van der Waals surface area contributed by atoms with Gasteiger partial charge in [-0.2, -0.15) is 5.26 Å². The molecule has 2 fully saturated rings. The molecule has 0 amide bonds. The molecule has 3 heterocycles. The predicted octanol–water partition coefficient (Wildman–Crippen LogP) is 1.73. The summed E-state index contributed by atoms with van der Waals surface area (Å²) in [4.78, 5) is 8.96. The second-order valence-corrected chi connectivity index (χ2v) is 9.65. The van der Waals surface area contributed by atoms with E-state index < -0.39 is 10.0 Å². The topological polar surface area (TPSA) is 98.6 Å². The van der Waals surface area contributed by atoms with Crippen molar-refractivity contribution < 1.29 is 13.2 Å². The third-order valence-corrected chi connectivity index (χ3v) is 7.27. The van der Waals surface area contributed by atoms with Crippen LogP contribution in [0, 0.1) is 11.3 Å². The Morgan fingerprint density at radius 3 is 2.39 bits per heavy atom. The van der Waals surface area contributed by atoms with E-state index in [0.29, 0.717) is 18.8 Å². The molecule has 2 aliphatic rings. The van der Waals surface area contributed by atoms with Crippen LogP contribution in [-0.2, 0) is 21.3 Å². The Morgan fingerprint density at radius 2 is 1.77 bits per heavy atom. The van der Waals surface area contributed by atoms with E-state index >= 15 is 0 Å². The average molecular weight is 442 g/mol. The van der Waals surface area contributed by atoms with Gasteiger partial charge in [-0.3, -0.25) is 4.90 Å². The van der Waals surface area contributed by atoms with Gasteiger partial charge in [-0.25, -0.2) is 18.1 Å². The summed E-state index contributed by atoms with van der Waals surface area (Å²) in [6, 6.07) is 13.0. The number of morpholine rings is 1. The number of nitrogens with one attached hydrogen (secondary N) is 1. The summed E-state index contributed by atoms with van der Waals surface area (Å²) in [6.07, 6.45) is 2.96. The number of rotatable bonds is 6. The Bertz CT molecular complexity index is 1000. The summed E-state index contributed by atoms with van der Waals surface area (Å²) >= 11 is 0. The van der Waals surface area contributed by atoms with Crippen molar-refractivity contribution in [2.75, 3.05) is 44.3 Å². The van der Waals surface area contributed by atoms with Crippen molar-refractivity contribution >= 4 is 15.8 Å². The maximum atomic E-state index is 12.8. The molecule has 0 unspecified atom stereocenters. The van der Waals surface area contributed by atoms with Gasteiger partial charge in [0.25, 0.3) is 0 Å². The lowest BCUT2D eigenvalue weighted by atomic mass is 10.0. The zero-order valence-electron chi connectivity index (χ0n) is 17.4. The highest BCUT2D eigenvalue weighted by Crippen LogP contribution is 2.19. The minimum atomic E-state index is -3.60. The highest BCUT2D eigenvalue weighted by Gasteiger charge is 2.25. The molecule has 1 N–H and O–H groups in total. The van der Waals surface area contributed by atoms with Gasteiger partial charge in [-0.05, 0) is 42.7 Å². The summed E-state index contributed by atoms with van der Waals surface area (Å²) in [5.41, 5.74) is 1.81. The lowest BCUT2D eigenvalue weighted by molar-refractivity contribution is 0.122. The van der Waals surface area contributed by atoms with Crippen LogP contribution in [0.4, 0.5) is 5.82 Å². The Labute approximate surface area is 183 Å². The van der Waals surface area contributed by atoms with Crippen molar-refractivity contribution in [1.82, 2.24) is 14.6 Å². The quantitative estimate of drug-likeness (QED) is 0.729. The van der Waals surface area contributed by atoms with Gasteiger partial charge in [0.15, 0.2) is 0 Å². The summed E-state index contributed by atoms with van der Waals surface area (Å²) in [5.74, 6) is 0.776. The molecular weight excluding hydrogens is 414 g/mol. The van der Waals surface area contributed by atoms with Crippen molar-refractivity contribution in [3.8, 4) is 6.07 Å². The van der Waals surface area contributed by atoms with Gasteiger partial charge in [-0.1, -0.05) is 12.1 Å². The SMILES string of the molecule is N#Cc1ccc(CN2CCC(NS(=O)(=O)c3ccc(N4CCOCC4)nc3)CC2)cc1. The minimum absolute atomic E-state index is 0.0823. The first-order valence-corrected chi connectivity index (χ1v) is 12.0. The highest BCUT2D eigenvalue weighted by atomic mass is 32.2. The van der Waals surface area contributed by atoms with Crippen molar-refractivity contribution in [2.45, 2.75) is 30.3 Å². The van der Waals surface area contributed by atoms with Gasteiger partial charge in [0, 0.05) is 45.0 Å². The number of anilines is 1. The first kappa shape index (κ1) is 21.7. The van der Waals surface area contributed by atoms with Crippen LogP contribution in [0.2, 0.25) is 0 Å². The minimum Gasteiger partial charge on any atom is -0.378 e. The second-order valence-electron chi connectivity index (χ2n) is 7.93. The van der Waals surface area contributed by atoms with E-state index in [2.05, 4.69) is 25.6 Å². The van der Waals surface area contributed by atoms with Crippen LogP contribution < -0.4 is 9.62 Å². The second kappa shape index (κ2) is 9.75. The fraction of sp³-hybridized carbons (Fsp3) is 0.455. The van der Waals surface area contributed by atoms with Gasteiger partial charge in [0.2, 0.25) is 10.0 Å². The number of hydrogen-bond acceptors (Lipinski definition) is 7. The Hall–Kier alpha value is -2.51. The van der Waals surface area contributed by atoms with E-state index in [4.69, 9.17) is 10.00 Å². The molecule has 1 aromatic heterocycles. The number of sulfonamides is 1. The molecule has 0 bridgehead atoms. The third-order valence-electron chi connectivity index (χ3n) is 5.76. The molecule has 0 spiro atoms. The predicted molar refractivity (Wildman–Crippen MR) is 117 cm³/mol. The van der Waals surface area contributed by atoms with E-state index in [9.17, 15) is 8.42 Å². The number of piperidine rings is 1. The van der Waals surface area contributed by atoms with Crippen LogP contribution in [0.25, 0.3) is 0 Å². The van der Waals surface area contributed by atoms with Crippen LogP contribution in [0.3, 0.4) is 0 Å². The van der Waals surface area contributed by atoms with Gasteiger partial charge >= 0.3 is 0 Å². The number of nitrogens with zero attached hydrogens (tertiary/aromatic N) is 4. The number of hydrogen-bond donors (Lipinski definition) is 1. The molecule has 164 valence electrons. The molecule has 0 aliphatic carbocycles. The van der Waals surface area contributed by atoms with Gasteiger partial charge < -0.3 is 9.64 Å². The molecule has 2 aromatic rings. The molecule has 4 rings (SSSR count). The summed E-state index contributed by atoms with van der Waals surface area (Å²) < 4.78 is 33.8. The number of aromatic nitrogens is 1. The van der Waals surface area contributed by atoms with Crippen molar-refractivity contribution in [2.24, 2.45) is 0 Å². The molecule has 8 nitrogen and oxygen atoms in total. The zero-order chi connectivity index (χ0) is 21.7. The molecule has 2 aliphatic heterocycles. The lowest BCUT2D eigenvalue weighted by Crippen LogP contribution is -2.44. The van der Waals surface area contributed by atoms with Crippen LogP contribution in [-0.4, -0.2) is 63.7 Å². The van der Waals surface area contributed by atoms with E-state index in [1.54, 1.807) is 12.1 Å². The van der Waals surface area contributed by atoms with E-state index in [1.807, 2.05) is 24.3 Å². The maximum Gasteiger partial charge on any atom is 0.242 e. The monoisotopic (exact) mass is 441 g/mol. The van der Waals surface area contributed by atoms with Crippen LogP contribution >= 0.6 is 0 Å². The standard InChI is InChI=1S/C22H27N5O3S/c23-15-18-1-3-19(4-2-18)17-26-9-7-20(8-10-26)25-31(28,29)21-5-6-22(24-16-21)27-11-13-30-14-12-27/h1-6,16,20,25H,7-14,17H2. The van der Waals surface area contributed by atoms with Crippen molar-refractivity contribution in [3.63, 3.8) is 0 Å². The Kier molecular flexibility index (Phi) is 6.83. The largest absolute Gasteiger partial charge is 0.378 e. The van der Waals surface area contributed by atoms with E-state index in [1.165, 1.54) is 6.20 Å². The molecule has 0 radical (unpaired) electrons. The fourth-order valence-electron chi connectivity index (χ4n) is 3.95. The molecule has 2 saturated heterocycles. The molecule has 31 heavy (non-hydrogen) atoms. The fourth-order valence-corrected chi connectivity index (χ4v) is 5.20. The number of likely N-dealkylation sites (tertiary alicyclic amines) is 1. The number of pyridine rings is 1. The first-order chi connectivity index (χ1) is 15.0. The van der Waals surface area contributed by atoms with Gasteiger partial charge in [-0.15, -0.1) is 0 Å². The number of nitriles is 1. The summed E-state index contributed by atoms with van der Waals surface area (Å²) in [7, 11) is -3.60. The van der Waals surface area contributed by atoms with Crippen molar-refractivity contribution in [3.05, 3.63) is 53.7 Å². The highest BCUT2D eigenvalue weighted by molar-refractivity contribution is 7.89. The van der Waals surface area contributed by atoms with Crippen molar-refractivity contribution in [1.29, 1.82) is 5.26 Å². The molecule has 1 aromatic carbocycles. The molecule has 0 atom stereocenters. The summed E-state index contributed by atoms with van der Waals surface area (Å²) in [6.45, 7) is 5.29. The molecule has 0 saturated carbocycles. The summed E-state index contributed by atoms with van der Waals surface area (Å²) in [5, 5.41) is 8.90. The Balaban J connectivity index is 1.29. The third kappa shape index (κ3) is 5.60. The number of benzene rings is 1. The Morgan fingerprint density at radius 1 is 1.06 bits per heavy atom. The molecular formula is C22H27N5O3S. The number of ether oxygens (including phenoxy) is 1. The van der Waals surface area contributed by atoms with Crippen LogP contribution in [0.15, 0.2) is 47.5 Å². The smallest absolute Gasteiger partial charge is 0.242 e. The average Bonchev–Trinajstić information content (AvgIpc) is 2.81. The normalized spacial score (nSPS) is 18.6. The zero-order valence-corrected chi connectivity index (χ0v) is 18.2. The first-order valence-electron chi connectivity index (χ1n) is 10.6.